The van der Waals surface area contributed by atoms with Crippen LogP contribution in [0, 0.1) is 0 Å². The number of hydrogen-bond donors (Lipinski definition) is 2. The molecule has 0 heterocycles. The van der Waals surface area contributed by atoms with Crippen LogP contribution in [-0.4, -0.2) is 24.8 Å². The number of aliphatic hydroxyl groups excluding tert-OH is 1. The number of rotatable bonds is 2. The van der Waals surface area contributed by atoms with E-state index in [1.807, 2.05) is 7.05 Å². The Kier molecular flexibility index (Phi) is 20.7. The van der Waals surface area contributed by atoms with Gasteiger partial charge in [0.05, 0.1) is 6.10 Å². The summed E-state index contributed by atoms with van der Waals surface area (Å²) in [5, 5.41) is 11.3. The van der Waals surface area contributed by atoms with E-state index in [2.05, 4.69) is 5.32 Å². The SMILES string of the molecule is CNCC(C)O.Cl.Cl. The van der Waals surface area contributed by atoms with Crippen LogP contribution < -0.4 is 5.32 Å². The number of hydrogen-bond acceptors (Lipinski definition) is 2. The molecule has 8 heavy (non-hydrogen) atoms. The summed E-state index contributed by atoms with van der Waals surface area (Å²) in [6, 6.07) is 0. The molecule has 0 aliphatic heterocycles. The van der Waals surface area contributed by atoms with E-state index in [9.17, 15) is 0 Å². The molecule has 2 nitrogen and oxygen atoms in total. The predicted molar refractivity (Wildman–Crippen MR) is 40.1 cm³/mol. The van der Waals surface area contributed by atoms with E-state index >= 15 is 0 Å². The molecule has 0 radical (unpaired) electrons. The molecular weight excluding hydrogens is 149 g/mol. The summed E-state index contributed by atoms with van der Waals surface area (Å²) in [5.41, 5.74) is 0. The van der Waals surface area contributed by atoms with E-state index in [0.717, 1.165) is 0 Å². The normalized spacial score (nSPS) is 10.9. The van der Waals surface area contributed by atoms with Gasteiger partial charge in [-0.3, -0.25) is 0 Å². The molecule has 0 aromatic heterocycles. The summed E-state index contributed by atoms with van der Waals surface area (Å²) in [6.07, 6.45) is -0.213. The maximum absolute atomic E-state index is 8.49. The van der Waals surface area contributed by atoms with Crippen molar-refractivity contribution in [3.63, 3.8) is 0 Å². The molecule has 2 N–H and O–H groups in total. The van der Waals surface area contributed by atoms with E-state index in [0.29, 0.717) is 6.54 Å². The average molecular weight is 162 g/mol. The summed E-state index contributed by atoms with van der Waals surface area (Å²) in [7, 11) is 1.81. The van der Waals surface area contributed by atoms with Gasteiger partial charge >= 0.3 is 0 Å². The minimum atomic E-state index is -0.213. The van der Waals surface area contributed by atoms with Crippen molar-refractivity contribution >= 4 is 24.8 Å². The zero-order valence-electron chi connectivity index (χ0n) is 5.05. The van der Waals surface area contributed by atoms with Crippen molar-refractivity contribution in [2.75, 3.05) is 13.6 Å². The highest BCUT2D eigenvalue weighted by Crippen LogP contribution is 1.69. The summed E-state index contributed by atoms with van der Waals surface area (Å²) >= 11 is 0. The smallest absolute Gasteiger partial charge is 0.0636 e. The molecule has 0 rings (SSSR count). The Hall–Kier alpha value is 0.500. The Morgan fingerprint density at radius 3 is 1.88 bits per heavy atom. The molecule has 0 bridgehead atoms. The minimum absolute atomic E-state index is 0. The summed E-state index contributed by atoms with van der Waals surface area (Å²) in [4.78, 5) is 0. The quantitative estimate of drug-likeness (QED) is 0.617. The third kappa shape index (κ3) is 16.1. The van der Waals surface area contributed by atoms with E-state index in [-0.39, 0.29) is 30.9 Å². The largest absolute Gasteiger partial charge is 0.392 e. The second-order valence-corrected chi connectivity index (χ2v) is 1.41. The molecule has 1 atom stereocenters. The van der Waals surface area contributed by atoms with Crippen molar-refractivity contribution in [2.45, 2.75) is 13.0 Å². The molecule has 54 valence electrons. The topological polar surface area (TPSA) is 32.3 Å². The van der Waals surface area contributed by atoms with Crippen molar-refractivity contribution in [1.82, 2.24) is 5.32 Å². The first-order valence-electron chi connectivity index (χ1n) is 2.10. The fraction of sp³-hybridized carbons (Fsp3) is 1.00. The molecule has 0 amide bonds. The number of nitrogens with one attached hydrogen (secondary N) is 1. The highest BCUT2D eigenvalue weighted by Gasteiger charge is 1.86. The highest BCUT2D eigenvalue weighted by atomic mass is 35.5. The third-order valence-corrected chi connectivity index (χ3v) is 0.500. The van der Waals surface area contributed by atoms with E-state index in [1.54, 1.807) is 6.92 Å². The lowest BCUT2D eigenvalue weighted by Crippen LogP contribution is -2.19. The van der Waals surface area contributed by atoms with Gasteiger partial charge in [0.25, 0.3) is 0 Å². The van der Waals surface area contributed by atoms with Crippen LogP contribution in [0.4, 0.5) is 0 Å². The Labute approximate surface area is 62.5 Å². The average Bonchev–Trinajstić information content (AvgIpc) is 1.35. The van der Waals surface area contributed by atoms with Crippen LogP contribution in [-0.2, 0) is 0 Å². The molecular formula is C4H13Cl2NO. The van der Waals surface area contributed by atoms with Gasteiger partial charge in [0.1, 0.15) is 0 Å². The van der Waals surface area contributed by atoms with Gasteiger partial charge in [-0.1, -0.05) is 0 Å². The van der Waals surface area contributed by atoms with E-state index < -0.39 is 0 Å². The van der Waals surface area contributed by atoms with Crippen LogP contribution in [0.2, 0.25) is 0 Å². The van der Waals surface area contributed by atoms with Gasteiger partial charge in [0.15, 0.2) is 0 Å². The van der Waals surface area contributed by atoms with Gasteiger partial charge in [-0.25, -0.2) is 0 Å². The molecule has 0 saturated heterocycles. The van der Waals surface area contributed by atoms with Crippen LogP contribution in [0.25, 0.3) is 0 Å². The molecule has 0 aliphatic carbocycles. The lowest BCUT2D eigenvalue weighted by Gasteiger charge is -1.97. The van der Waals surface area contributed by atoms with Gasteiger partial charge in [0.2, 0.25) is 0 Å². The van der Waals surface area contributed by atoms with Crippen LogP contribution in [0.15, 0.2) is 0 Å². The van der Waals surface area contributed by atoms with Crippen molar-refractivity contribution in [1.29, 1.82) is 0 Å². The summed E-state index contributed by atoms with van der Waals surface area (Å²) in [5.74, 6) is 0. The zero-order valence-corrected chi connectivity index (χ0v) is 6.68. The fourth-order valence-electron chi connectivity index (χ4n) is 0.295. The van der Waals surface area contributed by atoms with Gasteiger partial charge < -0.3 is 10.4 Å². The Morgan fingerprint density at radius 2 is 1.88 bits per heavy atom. The first-order chi connectivity index (χ1) is 2.77. The first kappa shape index (κ1) is 15.8. The van der Waals surface area contributed by atoms with Gasteiger partial charge in [-0.15, -0.1) is 24.8 Å². The number of halogens is 2. The Morgan fingerprint density at radius 1 is 1.50 bits per heavy atom. The maximum Gasteiger partial charge on any atom is 0.0636 e. The Bertz CT molecular complexity index is 35.2. The summed E-state index contributed by atoms with van der Waals surface area (Å²) < 4.78 is 0. The fourth-order valence-corrected chi connectivity index (χ4v) is 0.295. The van der Waals surface area contributed by atoms with Gasteiger partial charge in [0, 0.05) is 6.54 Å². The molecule has 0 aromatic rings. The Balaban J connectivity index is -0.000000125. The van der Waals surface area contributed by atoms with Crippen LogP contribution in [0.3, 0.4) is 0 Å². The minimum Gasteiger partial charge on any atom is -0.392 e. The molecule has 0 spiro atoms. The van der Waals surface area contributed by atoms with Crippen molar-refractivity contribution in [3.05, 3.63) is 0 Å². The van der Waals surface area contributed by atoms with Gasteiger partial charge in [-0.05, 0) is 14.0 Å². The third-order valence-electron chi connectivity index (χ3n) is 0.500. The molecule has 0 aromatic carbocycles. The zero-order chi connectivity index (χ0) is 4.99. The molecule has 0 fully saturated rings. The standard InChI is InChI=1S/C4H11NO.2ClH/c1-4(6)3-5-2;;/h4-6H,3H2,1-2H3;2*1H. The molecule has 0 saturated carbocycles. The van der Waals surface area contributed by atoms with E-state index in [1.165, 1.54) is 0 Å². The van der Waals surface area contributed by atoms with Crippen molar-refractivity contribution < 1.29 is 5.11 Å². The van der Waals surface area contributed by atoms with E-state index in [4.69, 9.17) is 5.11 Å². The second-order valence-electron chi connectivity index (χ2n) is 1.41. The highest BCUT2D eigenvalue weighted by molar-refractivity contribution is 5.85. The lowest BCUT2D eigenvalue weighted by molar-refractivity contribution is 0.194. The second kappa shape index (κ2) is 10.5. The first-order valence-corrected chi connectivity index (χ1v) is 2.10. The molecule has 1 unspecified atom stereocenters. The number of likely N-dealkylation sites (N-methyl/N-ethyl adjacent to an activating group) is 1. The van der Waals surface area contributed by atoms with Gasteiger partial charge in [-0.2, -0.15) is 0 Å². The molecule has 4 heteroatoms. The summed E-state index contributed by atoms with van der Waals surface area (Å²) in [6.45, 7) is 2.43. The van der Waals surface area contributed by atoms with Crippen LogP contribution >= 0.6 is 24.8 Å². The predicted octanol–water partition coefficient (Wildman–Crippen LogP) is 0.430. The monoisotopic (exact) mass is 161 g/mol. The van der Waals surface area contributed by atoms with Crippen LogP contribution in [0.1, 0.15) is 6.92 Å². The number of aliphatic hydroxyl groups is 1. The maximum atomic E-state index is 8.49. The van der Waals surface area contributed by atoms with Crippen molar-refractivity contribution in [3.8, 4) is 0 Å². The molecule has 0 aliphatic rings. The van der Waals surface area contributed by atoms with Crippen LogP contribution in [0.5, 0.6) is 0 Å². The van der Waals surface area contributed by atoms with Crippen molar-refractivity contribution in [2.24, 2.45) is 0 Å². The lowest BCUT2D eigenvalue weighted by atomic mass is 10.4.